The lowest BCUT2D eigenvalue weighted by Crippen LogP contribution is -2.70. The minimum absolute atomic E-state index is 0.0243. The highest BCUT2D eigenvalue weighted by Crippen LogP contribution is 2.43. The van der Waals surface area contributed by atoms with Crippen molar-refractivity contribution < 1.29 is 4.79 Å². The molecule has 0 radical (unpaired) electrons. The molecule has 11 aliphatic heterocycles. The van der Waals surface area contributed by atoms with E-state index in [1.54, 1.807) is 0 Å². The normalized spacial score (nSPS) is 31.6. The van der Waals surface area contributed by atoms with Crippen LogP contribution in [0.5, 0.6) is 0 Å². The van der Waals surface area contributed by atoms with Crippen LogP contribution in [0.2, 0.25) is 0 Å². The van der Waals surface area contributed by atoms with Gasteiger partial charge in [0.1, 0.15) is 0 Å². The van der Waals surface area contributed by atoms with E-state index in [1.165, 1.54) is 142 Å². The highest BCUT2D eigenvalue weighted by Gasteiger charge is 2.51. The van der Waals surface area contributed by atoms with Crippen LogP contribution in [0.4, 0.5) is 0 Å². The van der Waals surface area contributed by atoms with E-state index >= 15 is 0 Å². The molecule has 2 aliphatic carbocycles. The number of amides is 1. The molecule has 13 aliphatic rings. The summed E-state index contributed by atoms with van der Waals surface area (Å²) < 4.78 is 0. The number of carbonyl (C=O) groups excluding carboxylic acids is 1. The fourth-order valence-electron chi connectivity index (χ4n) is 19.2. The molecule has 0 aromatic rings. The first-order valence-electron chi connectivity index (χ1n) is 41.4. The number of nitrogens with zero attached hydrogens (tertiary/aromatic N) is 10. The van der Waals surface area contributed by atoms with Gasteiger partial charge in [-0.2, -0.15) is 0 Å². The standard InChI is InChI=1S/3C15H30N2.C13H24N2O.C10H19N.C10H17N.2C5H12/c1-14(2,3)16-8-12-7-13(9-16)11-17(10-12)15(4,5)6;1-14(2,3)16-9-7-13-11-12(16)8-10-17(13)15(4,5)6;1-14(2,3)16-10-12-8-7-9-13(11-16)17(12)15(4,5)6;1-9(2)14-8-10-6-7-11(14)12(16)15(10)13(3,4)5;2*1-10(2,3)11-7-8-4-5-9(11)6-8;2*1-5(2,3)4/h3*12-13H,7-11H2,1-6H3;9-11H,6-8H2,1-5H3;8-9H,4-7H2,1-3H3;4-5,8-9H,6-7H2,1-3H3;2*1-4H3. The minimum Gasteiger partial charge on any atom is -0.332 e. The van der Waals surface area contributed by atoms with Crippen molar-refractivity contribution in [3.8, 4) is 0 Å². The van der Waals surface area contributed by atoms with Crippen molar-refractivity contribution in [2.24, 2.45) is 34.5 Å². The van der Waals surface area contributed by atoms with E-state index in [0.717, 1.165) is 72.9 Å². The number of likely N-dealkylation sites (tertiary alicyclic amines) is 7. The fraction of sp³-hybridized carbons (Fsp3) is 0.966. The highest BCUT2D eigenvalue weighted by atomic mass is 16.2. The molecule has 582 valence electrons. The van der Waals surface area contributed by atoms with Crippen LogP contribution in [-0.2, 0) is 4.79 Å². The molecule has 11 heteroatoms. The Morgan fingerprint density at radius 3 is 1.00 bits per heavy atom. The molecule has 99 heavy (non-hydrogen) atoms. The Morgan fingerprint density at radius 1 is 0.323 bits per heavy atom. The third kappa shape index (κ3) is 26.9. The quantitative estimate of drug-likeness (QED) is 0.237. The molecule has 1 amide bonds. The SMILES string of the molecule is CC(C)(C)C.CC(C)(C)C.CC(C)(C)N1CC2C=CC1C2.CC(C)(C)N1CC2CC(C1)CN(C(C)(C)C)C2.CC(C)(C)N1CC2CCC1C2.CC(C)(C)N1CC2CCCC(C1)N2C(C)(C)C.CC(C)(C)N1CCC2CC1CCN2C(C)(C)C.CC(C)N1CC2CCC1C(=O)N2C(C)(C)C. The minimum atomic E-state index is -0.0243. The van der Waals surface area contributed by atoms with Gasteiger partial charge in [0.15, 0.2) is 0 Å². The Hall–Kier alpha value is -1.15. The maximum Gasteiger partial charge on any atom is 0.240 e. The second kappa shape index (κ2) is 33.6. The van der Waals surface area contributed by atoms with Crippen molar-refractivity contribution in [3.05, 3.63) is 12.2 Å². The molecule has 12 fully saturated rings. The first-order valence-corrected chi connectivity index (χ1v) is 41.4. The van der Waals surface area contributed by atoms with Crippen LogP contribution in [0, 0.1) is 34.5 Å². The summed E-state index contributed by atoms with van der Waals surface area (Å²) >= 11 is 0. The Bertz CT molecular complexity index is 2350. The summed E-state index contributed by atoms with van der Waals surface area (Å²) in [6.45, 7) is 98.8. The molecule has 0 aromatic carbocycles. The van der Waals surface area contributed by atoms with Gasteiger partial charge in [0.2, 0.25) is 5.91 Å². The molecule has 10 atom stereocenters. The van der Waals surface area contributed by atoms with E-state index in [0.29, 0.717) is 73.1 Å². The second-order valence-corrected chi connectivity index (χ2v) is 46.2. The number of carbonyl (C=O) groups is 1. The predicted octanol–water partition coefficient (Wildman–Crippen LogP) is 19.4. The zero-order valence-electron chi connectivity index (χ0n) is 73.5. The van der Waals surface area contributed by atoms with Gasteiger partial charge in [0, 0.05) is 170 Å². The van der Waals surface area contributed by atoms with Crippen LogP contribution >= 0.6 is 0 Å². The zero-order chi connectivity index (χ0) is 75.7. The second-order valence-electron chi connectivity index (χ2n) is 46.2. The maximum atomic E-state index is 12.4. The van der Waals surface area contributed by atoms with Crippen molar-refractivity contribution in [2.75, 3.05) is 72.0 Å². The van der Waals surface area contributed by atoms with Crippen molar-refractivity contribution in [2.45, 2.75) is 444 Å². The first-order chi connectivity index (χ1) is 44.5. The van der Waals surface area contributed by atoms with E-state index in [2.05, 4.69) is 317 Å². The molecule has 0 aromatic heterocycles. The fourth-order valence-corrected chi connectivity index (χ4v) is 19.2. The van der Waals surface area contributed by atoms with Crippen molar-refractivity contribution >= 4 is 5.91 Å². The maximum absolute atomic E-state index is 12.4. The Kier molecular flexibility index (Phi) is 30.0. The molecule has 11 heterocycles. The molecule has 0 spiro atoms. The predicted molar refractivity (Wildman–Crippen MR) is 434 cm³/mol. The van der Waals surface area contributed by atoms with Gasteiger partial charge < -0.3 is 4.90 Å². The summed E-state index contributed by atoms with van der Waals surface area (Å²) in [5, 5.41) is 0. The summed E-state index contributed by atoms with van der Waals surface area (Å²) in [6.07, 6.45) is 22.6. The number of fused-ring (bicyclic) bond motifs is 13. The van der Waals surface area contributed by atoms with Gasteiger partial charge in [-0.15, -0.1) is 0 Å². The molecule has 13 rings (SSSR count). The monoisotopic (exact) mass is 1390 g/mol. The average Bonchev–Trinajstić information content (AvgIpc) is 1.70. The Labute approximate surface area is 619 Å². The third-order valence-electron chi connectivity index (χ3n) is 23.5. The molecule has 10 unspecified atom stereocenters. The summed E-state index contributed by atoms with van der Waals surface area (Å²) in [7, 11) is 0. The van der Waals surface area contributed by atoms with Crippen molar-refractivity contribution in [3.63, 3.8) is 0 Å². The number of piperidine rings is 8. The lowest BCUT2D eigenvalue weighted by molar-refractivity contribution is -0.163. The van der Waals surface area contributed by atoms with Crippen molar-refractivity contribution in [1.29, 1.82) is 0 Å². The summed E-state index contributed by atoms with van der Waals surface area (Å²) in [4.78, 5) is 38.6. The number of piperazine rings is 2. The average molecular weight is 1390 g/mol. The largest absolute Gasteiger partial charge is 0.332 e. The van der Waals surface area contributed by atoms with Crippen LogP contribution in [0.15, 0.2) is 12.2 Å². The molecular formula is C88H174N10O. The Balaban J connectivity index is 0.000000210. The van der Waals surface area contributed by atoms with Crippen LogP contribution in [0.25, 0.3) is 0 Å². The molecule has 11 nitrogen and oxygen atoms in total. The molecule has 11 saturated heterocycles. The zero-order valence-corrected chi connectivity index (χ0v) is 73.5. The summed E-state index contributed by atoms with van der Waals surface area (Å²) in [5.74, 6) is 4.03. The molecule has 12 bridgehead atoms. The Morgan fingerprint density at radius 2 is 0.717 bits per heavy atom. The smallest absolute Gasteiger partial charge is 0.240 e. The van der Waals surface area contributed by atoms with Gasteiger partial charge in [-0.3, -0.25) is 48.9 Å². The first kappa shape index (κ1) is 88.5. The van der Waals surface area contributed by atoms with E-state index in [1.807, 2.05) is 0 Å². The molecule has 0 N–H and O–H groups in total. The third-order valence-corrected chi connectivity index (χ3v) is 23.5. The number of rotatable bonds is 1. The van der Waals surface area contributed by atoms with Gasteiger partial charge in [-0.1, -0.05) is 74.0 Å². The van der Waals surface area contributed by atoms with E-state index in [9.17, 15) is 4.79 Å². The lowest BCUT2D eigenvalue weighted by Gasteiger charge is -2.58. The van der Waals surface area contributed by atoms with Crippen LogP contribution in [0.1, 0.15) is 340 Å². The molecular weight excluding hydrogens is 1210 g/mol. The van der Waals surface area contributed by atoms with Crippen LogP contribution in [-0.4, -0.2) is 231 Å². The van der Waals surface area contributed by atoms with Gasteiger partial charge in [-0.25, -0.2) is 0 Å². The van der Waals surface area contributed by atoms with Gasteiger partial charge >= 0.3 is 0 Å². The molecule has 1 saturated carbocycles. The van der Waals surface area contributed by atoms with Gasteiger partial charge in [0.25, 0.3) is 0 Å². The summed E-state index contributed by atoms with van der Waals surface area (Å²) in [6, 6.07) is 5.95. The van der Waals surface area contributed by atoms with E-state index < -0.39 is 0 Å². The van der Waals surface area contributed by atoms with Gasteiger partial charge in [0.05, 0.1) is 6.04 Å². The van der Waals surface area contributed by atoms with E-state index in [4.69, 9.17) is 0 Å². The van der Waals surface area contributed by atoms with Gasteiger partial charge in [-0.05, 0) is 312 Å². The number of hydrogen-bond acceptors (Lipinski definition) is 10. The van der Waals surface area contributed by atoms with Crippen LogP contribution < -0.4 is 0 Å². The van der Waals surface area contributed by atoms with E-state index in [-0.39, 0.29) is 11.6 Å². The number of hydrogen-bond donors (Lipinski definition) is 0. The van der Waals surface area contributed by atoms with Crippen molar-refractivity contribution in [1.82, 2.24) is 49.0 Å². The lowest BCUT2D eigenvalue weighted by atomic mass is 9.81. The summed E-state index contributed by atoms with van der Waals surface area (Å²) in [5.41, 5.74) is 3.81. The van der Waals surface area contributed by atoms with Crippen LogP contribution in [0.3, 0.4) is 0 Å². The highest BCUT2D eigenvalue weighted by molar-refractivity contribution is 5.84. The topological polar surface area (TPSA) is 49.5 Å².